The first-order valence-electron chi connectivity index (χ1n) is 7.03. The minimum atomic E-state index is -0.0415. The molecule has 20 heavy (non-hydrogen) atoms. The summed E-state index contributed by atoms with van der Waals surface area (Å²) in [5.41, 5.74) is 7.49. The molecule has 0 aliphatic heterocycles. The molecule has 0 saturated heterocycles. The molecule has 1 unspecified atom stereocenters. The Bertz CT molecular complexity index is 543. The summed E-state index contributed by atoms with van der Waals surface area (Å²) in [5.74, 6) is 1.22. The summed E-state index contributed by atoms with van der Waals surface area (Å²) < 4.78 is 0. The van der Waals surface area contributed by atoms with E-state index in [9.17, 15) is 4.79 Å². The van der Waals surface area contributed by atoms with Gasteiger partial charge in [-0.05, 0) is 36.9 Å². The second-order valence-electron chi connectivity index (χ2n) is 5.59. The molecule has 0 aliphatic carbocycles. The minimum absolute atomic E-state index is 0.0415. The molecular weight excluding hydrogens is 252 g/mol. The van der Waals surface area contributed by atoms with Crippen LogP contribution in [0.15, 0.2) is 24.3 Å². The van der Waals surface area contributed by atoms with E-state index in [2.05, 4.69) is 29.1 Å². The Kier molecular flexibility index (Phi) is 4.74. The number of hydrogen-bond acceptors (Lipinski definition) is 3. The minimum Gasteiger partial charge on any atom is -0.330 e. The first-order chi connectivity index (χ1) is 9.58. The molecule has 108 valence electrons. The van der Waals surface area contributed by atoms with Crippen LogP contribution in [0.5, 0.6) is 0 Å². The number of hydrogen-bond donors (Lipinski definition) is 3. The lowest BCUT2D eigenvalue weighted by Crippen LogP contribution is -2.23. The third-order valence-corrected chi connectivity index (χ3v) is 3.26. The Morgan fingerprint density at radius 1 is 1.40 bits per heavy atom. The number of nitrogens with one attached hydrogen (secondary N) is 2. The number of rotatable bonds is 6. The van der Waals surface area contributed by atoms with Crippen molar-refractivity contribution in [1.82, 2.24) is 9.97 Å². The largest absolute Gasteiger partial charge is 0.330 e. The molecule has 1 aromatic heterocycles. The fourth-order valence-corrected chi connectivity index (χ4v) is 2.39. The molecule has 1 aromatic carbocycles. The molecule has 5 nitrogen and oxygen atoms in total. The maximum Gasteiger partial charge on any atom is 0.227 e. The number of aromatic amines is 1. The second kappa shape index (κ2) is 6.52. The third-order valence-electron chi connectivity index (χ3n) is 3.26. The molecule has 2 rings (SSSR count). The van der Waals surface area contributed by atoms with Crippen molar-refractivity contribution in [2.45, 2.75) is 26.7 Å². The number of anilines is 1. The van der Waals surface area contributed by atoms with Crippen LogP contribution in [0, 0.1) is 11.8 Å². The number of carbonyl (C=O) groups excluding carboxylic acids is 1. The van der Waals surface area contributed by atoms with Crippen molar-refractivity contribution >= 4 is 22.9 Å². The van der Waals surface area contributed by atoms with Gasteiger partial charge in [0.05, 0.1) is 11.0 Å². The van der Waals surface area contributed by atoms with Gasteiger partial charge in [0.1, 0.15) is 0 Å². The standard InChI is InChI=1S/C15H22N4O/c1-10(2)7-11(9-16)8-14(20)19-15-17-12-5-3-4-6-13(12)18-15/h3-6,10-11H,7-9,16H2,1-2H3,(H2,17,18,19,20). The van der Waals surface area contributed by atoms with Crippen LogP contribution in [0.4, 0.5) is 5.95 Å². The maximum absolute atomic E-state index is 12.0. The predicted molar refractivity (Wildman–Crippen MR) is 81.3 cm³/mol. The van der Waals surface area contributed by atoms with Crippen LogP contribution >= 0.6 is 0 Å². The first kappa shape index (κ1) is 14.5. The van der Waals surface area contributed by atoms with E-state index < -0.39 is 0 Å². The van der Waals surface area contributed by atoms with Crippen LogP contribution < -0.4 is 11.1 Å². The average Bonchev–Trinajstić information content (AvgIpc) is 2.79. The number of imidazole rings is 1. The number of aromatic nitrogens is 2. The molecule has 0 saturated carbocycles. The molecule has 0 fully saturated rings. The highest BCUT2D eigenvalue weighted by Crippen LogP contribution is 2.16. The maximum atomic E-state index is 12.0. The van der Waals surface area contributed by atoms with E-state index in [0.717, 1.165) is 17.5 Å². The Morgan fingerprint density at radius 2 is 2.15 bits per heavy atom. The van der Waals surface area contributed by atoms with Gasteiger partial charge in [-0.2, -0.15) is 0 Å². The van der Waals surface area contributed by atoms with Crippen molar-refractivity contribution in [2.75, 3.05) is 11.9 Å². The van der Waals surface area contributed by atoms with Gasteiger partial charge >= 0.3 is 0 Å². The lowest BCUT2D eigenvalue weighted by atomic mass is 9.94. The average molecular weight is 274 g/mol. The molecule has 2 aromatic rings. The number of fused-ring (bicyclic) bond motifs is 1. The molecule has 0 radical (unpaired) electrons. The van der Waals surface area contributed by atoms with Crippen molar-refractivity contribution in [3.63, 3.8) is 0 Å². The van der Waals surface area contributed by atoms with E-state index >= 15 is 0 Å². The van der Waals surface area contributed by atoms with Crippen LogP contribution in [-0.4, -0.2) is 22.4 Å². The van der Waals surface area contributed by atoms with Gasteiger partial charge in [0.15, 0.2) is 0 Å². The van der Waals surface area contributed by atoms with E-state index in [1.165, 1.54) is 0 Å². The molecule has 0 aliphatic rings. The summed E-state index contributed by atoms with van der Waals surface area (Å²) in [4.78, 5) is 19.4. The zero-order chi connectivity index (χ0) is 14.5. The second-order valence-corrected chi connectivity index (χ2v) is 5.59. The van der Waals surface area contributed by atoms with Gasteiger partial charge < -0.3 is 10.7 Å². The summed E-state index contributed by atoms with van der Waals surface area (Å²) in [6, 6.07) is 7.68. The van der Waals surface area contributed by atoms with E-state index in [1.807, 2.05) is 24.3 Å². The number of para-hydroxylation sites is 2. The van der Waals surface area contributed by atoms with Crippen LogP contribution in [0.2, 0.25) is 0 Å². The number of amides is 1. The van der Waals surface area contributed by atoms with Crippen molar-refractivity contribution < 1.29 is 4.79 Å². The van der Waals surface area contributed by atoms with Crippen molar-refractivity contribution in [3.05, 3.63) is 24.3 Å². The summed E-state index contributed by atoms with van der Waals surface area (Å²) in [6.45, 7) is 4.81. The lowest BCUT2D eigenvalue weighted by Gasteiger charge is -2.15. The Morgan fingerprint density at radius 3 is 2.80 bits per heavy atom. The number of H-pyrrole nitrogens is 1. The molecule has 0 spiro atoms. The molecule has 1 atom stereocenters. The van der Waals surface area contributed by atoms with Crippen LogP contribution in [0.1, 0.15) is 26.7 Å². The quantitative estimate of drug-likeness (QED) is 0.756. The normalized spacial score (nSPS) is 12.8. The van der Waals surface area contributed by atoms with Crippen LogP contribution in [-0.2, 0) is 4.79 Å². The highest BCUT2D eigenvalue weighted by atomic mass is 16.1. The number of carbonyl (C=O) groups is 1. The molecular formula is C15H22N4O. The Hall–Kier alpha value is -1.88. The Balaban J connectivity index is 1.96. The Labute approximate surface area is 119 Å². The van der Waals surface area contributed by atoms with Gasteiger partial charge in [-0.3, -0.25) is 10.1 Å². The smallest absolute Gasteiger partial charge is 0.227 e. The van der Waals surface area contributed by atoms with Crippen LogP contribution in [0.3, 0.4) is 0 Å². The summed E-state index contributed by atoms with van der Waals surface area (Å²) in [5, 5.41) is 2.81. The lowest BCUT2D eigenvalue weighted by molar-refractivity contribution is -0.117. The first-order valence-corrected chi connectivity index (χ1v) is 7.03. The zero-order valence-electron chi connectivity index (χ0n) is 12.0. The van der Waals surface area contributed by atoms with Gasteiger partial charge in [0.25, 0.3) is 0 Å². The SMILES string of the molecule is CC(C)CC(CN)CC(=O)Nc1nc2ccccc2[nH]1. The van der Waals surface area contributed by atoms with Gasteiger partial charge in [-0.15, -0.1) is 0 Å². The third kappa shape index (κ3) is 3.81. The topological polar surface area (TPSA) is 83.8 Å². The van der Waals surface area contributed by atoms with Crippen molar-refractivity contribution in [1.29, 1.82) is 0 Å². The van der Waals surface area contributed by atoms with E-state index in [-0.39, 0.29) is 11.8 Å². The highest BCUT2D eigenvalue weighted by Gasteiger charge is 2.15. The summed E-state index contributed by atoms with van der Waals surface area (Å²) in [6.07, 6.45) is 1.40. The van der Waals surface area contributed by atoms with Crippen molar-refractivity contribution in [2.24, 2.45) is 17.6 Å². The fourth-order valence-electron chi connectivity index (χ4n) is 2.39. The van der Waals surface area contributed by atoms with Crippen molar-refractivity contribution in [3.8, 4) is 0 Å². The summed E-state index contributed by atoms with van der Waals surface area (Å²) >= 11 is 0. The van der Waals surface area contributed by atoms with E-state index in [0.29, 0.717) is 24.8 Å². The highest BCUT2D eigenvalue weighted by molar-refractivity contribution is 5.91. The van der Waals surface area contributed by atoms with E-state index in [1.54, 1.807) is 0 Å². The number of nitrogens with zero attached hydrogens (tertiary/aromatic N) is 1. The fraction of sp³-hybridized carbons (Fsp3) is 0.467. The molecule has 4 N–H and O–H groups in total. The molecule has 1 heterocycles. The van der Waals surface area contributed by atoms with Crippen LogP contribution in [0.25, 0.3) is 11.0 Å². The zero-order valence-corrected chi connectivity index (χ0v) is 12.0. The molecule has 0 bridgehead atoms. The van der Waals surface area contributed by atoms with E-state index in [4.69, 9.17) is 5.73 Å². The monoisotopic (exact) mass is 274 g/mol. The number of nitrogens with two attached hydrogens (primary N) is 1. The predicted octanol–water partition coefficient (Wildman–Crippen LogP) is 2.51. The molecule has 1 amide bonds. The van der Waals surface area contributed by atoms with Gasteiger partial charge in [-0.25, -0.2) is 4.98 Å². The molecule has 5 heteroatoms. The van der Waals surface area contributed by atoms with Gasteiger partial charge in [0, 0.05) is 6.42 Å². The van der Waals surface area contributed by atoms with Gasteiger partial charge in [-0.1, -0.05) is 26.0 Å². The summed E-state index contributed by atoms with van der Waals surface area (Å²) in [7, 11) is 0. The van der Waals surface area contributed by atoms with Gasteiger partial charge in [0.2, 0.25) is 11.9 Å². The number of benzene rings is 1.